The summed E-state index contributed by atoms with van der Waals surface area (Å²) in [5.41, 5.74) is 1.73. The lowest BCUT2D eigenvalue weighted by atomic mass is 10.2. The van der Waals surface area contributed by atoms with E-state index in [1.165, 1.54) is 0 Å². The highest BCUT2D eigenvalue weighted by Crippen LogP contribution is 2.14. The second-order valence-corrected chi connectivity index (χ2v) is 6.44. The largest absolute Gasteiger partial charge is 0.284 e. The fraction of sp³-hybridized carbons (Fsp3) is 0.455. The SMILES string of the molecule is CC(C)CS(=O)(=O)Nc1ccc(CBr)cc1. The molecule has 0 radical (unpaired) electrons. The molecular weight excluding hydrogens is 290 g/mol. The fourth-order valence-electron chi connectivity index (χ4n) is 1.32. The molecule has 1 aromatic carbocycles. The zero-order valence-electron chi connectivity index (χ0n) is 9.40. The Hall–Kier alpha value is -0.550. The molecule has 0 bridgehead atoms. The zero-order valence-corrected chi connectivity index (χ0v) is 11.8. The minimum atomic E-state index is -3.22. The Morgan fingerprint density at radius 1 is 1.25 bits per heavy atom. The van der Waals surface area contributed by atoms with Gasteiger partial charge in [-0.15, -0.1) is 0 Å². The average molecular weight is 306 g/mol. The molecular formula is C11H16BrNO2S. The molecule has 3 nitrogen and oxygen atoms in total. The number of halogens is 1. The molecule has 0 amide bonds. The summed E-state index contributed by atoms with van der Waals surface area (Å²) in [6, 6.07) is 7.33. The summed E-state index contributed by atoms with van der Waals surface area (Å²) in [6.07, 6.45) is 0. The molecule has 0 spiro atoms. The van der Waals surface area contributed by atoms with Crippen molar-refractivity contribution in [3.8, 4) is 0 Å². The number of nitrogens with one attached hydrogen (secondary N) is 1. The molecule has 16 heavy (non-hydrogen) atoms. The third-order valence-corrected chi connectivity index (χ3v) is 4.23. The van der Waals surface area contributed by atoms with Crippen LogP contribution in [0.2, 0.25) is 0 Å². The van der Waals surface area contributed by atoms with Gasteiger partial charge in [0.05, 0.1) is 5.75 Å². The molecule has 0 saturated heterocycles. The Kier molecular flexibility index (Phi) is 4.80. The topological polar surface area (TPSA) is 46.2 Å². The van der Waals surface area contributed by atoms with Gasteiger partial charge in [-0.1, -0.05) is 41.9 Å². The van der Waals surface area contributed by atoms with Crippen LogP contribution in [0.5, 0.6) is 0 Å². The summed E-state index contributed by atoms with van der Waals surface area (Å²) in [4.78, 5) is 0. The van der Waals surface area contributed by atoms with Gasteiger partial charge in [0.2, 0.25) is 10.0 Å². The van der Waals surface area contributed by atoms with Crippen molar-refractivity contribution in [2.75, 3.05) is 10.5 Å². The Morgan fingerprint density at radius 3 is 2.25 bits per heavy atom. The standard InChI is InChI=1S/C11H16BrNO2S/c1-9(2)8-16(14,15)13-11-5-3-10(7-12)4-6-11/h3-6,9,13H,7-8H2,1-2H3. The molecule has 0 aliphatic rings. The van der Waals surface area contributed by atoms with E-state index in [0.717, 1.165) is 10.9 Å². The van der Waals surface area contributed by atoms with Crippen LogP contribution in [0.3, 0.4) is 0 Å². The van der Waals surface area contributed by atoms with Gasteiger partial charge in [0.15, 0.2) is 0 Å². The lowest BCUT2D eigenvalue weighted by Crippen LogP contribution is -2.19. The first-order valence-corrected chi connectivity index (χ1v) is 7.85. The molecule has 0 atom stereocenters. The highest BCUT2D eigenvalue weighted by Gasteiger charge is 2.12. The number of sulfonamides is 1. The molecule has 0 heterocycles. The number of anilines is 1. The van der Waals surface area contributed by atoms with Crippen LogP contribution in [-0.4, -0.2) is 14.2 Å². The molecule has 0 fully saturated rings. The third-order valence-electron chi connectivity index (χ3n) is 1.93. The quantitative estimate of drug-likeness (QED) is 0.850. The zero-order chi connectivity index (χ0) is 12.2. The van der Waals surface area contributed by atoms with Crippen LogP contribution in [0.15, 0.2) is 24.3 Å². The van der Waals surface area contributed by atoms with E-state index in [1.54, 1.807) is 12.1 Å². The molecule has 0 aliphatic heterocycles. The van der Waals surface area contributed by atoms with Crippen molar-refractivity contribution >= 4 is 31.6 Å². The van der Waals surface area contributed by atoms with Gasteiger partial charge in [-0.05, 0) is 23.6 Å². The van der Waals surface area contributed by atoms with Gasteiger partial charge >= 0.3 is 0 Å². The van der Waals surface area contributed by atoms with Gasteiger partial charge in [0.1, 0.15) is 0 Å². The first kappa shape index (κ1) is 13.5. The minimum Gasteiger partial charge on any atom is -0.284 e. The highest BCUT2D eigenvalue weighted by molar-refractivity contribution is 9.08. The van der Waals surface area contributed by atoms with Crippen molar-refractivity contribution in [3.63, 3.8) is 0 Å². The van der Waals surface area contributed by atoms with Crippen molar-refractivity contribution in [1.29, 1.82) is 0 Å². The van der Waals surface area contributed by atoms with E-state index in [9.17, 15) is 8.42 Å². The van der Waals surface area contributed by atoms with Gasteiger partial charge in [0.25, 0.3) is 0 Å². The van der Waals surface area contributed by atoms with E-state index >= 15 is 0 Å². The third kappa shape index (κ3) is 4.53. The maximum Gasteiger partial charge on any atom is 0.232 e. The number of hydrogen-bond acceptors (Lipinski definition) is 2. The minimum absolute atomic E-state index is 0.124. The first-order valence-electron chi connectivity index (χ1n) is 5.08. The summed E-state index contributed by atoms with van der Waals surface area (Å²) >= 11 is 3.34. The second kappa shape index (κ2) is 5.68. The van der Waals surface area contributed by atoms with Crippen LogP contribution in [0, 0.1) is 5.92 Å². The first-order chi connectivity index (χ1) is 7.43. The smallest absolute Gasteiger partial charge is 0.232 e. The van der Waals surface area contributed by atoms with Crippen molar-refractivity contribution < 1.29 is 8.42 Å². The number of alkyl halides is 1. The fourth-order valence-corrected chi connectivity index (χ4v) is 3.15. The molecule has 1 N–H and O–H groups in total. The summed E-state index contributed by atoms with van der Waals surface area (Å²) in [7, 11) is -3.22. The lowest BCUT2D eigenvalue weighted by molar-refractivity contribution is 0.587. The number of benzene rings is 1. The molecule has 0 aromatic heterocycles. The van der Waals surface area contributed by atoms with E-state index in [4.69, 9.17) is 0 Å². The van der Waals surface area contributed by atoms with Gasteiger partial charge in [-0.3, -0.25) is 4.72 Å². The summed E-state index contributed by atoms with van der Waals surface area (Å²) < 4.78 is 25.8. The molecule has 0 aliphatic carbocycles. The van der Waals surface area contributed by atoms with Gasteiger partial charge in [-0.25, -0.2) is 8.42 Å². The average Bonchev–Trinajstić information content (AvgIpc) is 2.16. The van der Waals surface area contributed by atoms with Crippen molar-refractivity contribution in [2.45, 2.75) is 19.2 Å². The van der Waals surface area contributed by atoms with E-state index in [1.807, 2.05) is 26.0 Å². The van der Waals surface area contributed by atoms with Gasteiger partial charge in [0, 0.05) is 11.0 Å². The Balaban J connectivity index is 2.72. The van der Waals surface area contributed by atoms with Crippen molar-refractivity contribution in [1.82, 2.24) is 0 Å². The maximum absolute atomic E-state index is 11.6. The number of hydrogen-bond donors (Lipinski definition) is 1. The molecule has 0 unspecified atom stereocenters. The van der Waals surface area contributed by atoms with Crippen molar-refractivity contribution in [3.05, 3.63) is 29.8 Å². The van der Waals surface area contributed by atoms with Crippen LogP contribution in [0.1, 0.15) is 19.4 Å². The van der Waals surface area contributed by atoms with Crippen LogP contribution >= 0.6 is 15.9 Å². The summed E-state index contributed by atoms with van der Waals surface area (Å²) in [6.45, 7) is 3.76. The lowest BCUT2D eigenvalue weighted by Gasteiger charge is -2.10. The van der Waals surface area contributed by atoms with Crippen LogP contribution in [-0.2, 0) is 15.4 Å². The normalized spacial score (nSPS) is 11.8. The van der Waals surface area contributed by atoms with E-state index in [0.29, 0.717) is 5.69 Å². The molecule has 1 aromatic rings. The predicted molar refractivity (Wildman–Crippen MR) is 71.3 cm³/mol. The maximum atomic E-state index is 11.6. The molecule has 1 rings (SSSR count). The predicted octanol–water partition coefficient (Wildman–Crippen LogP) is 2.98. The van der Waals surface area contributed by atoms with Crippen LogP contribution in [0.25, 0.3) is 0 Å². The van der Waals surface area contributed by atoms with E-state index in [2.05, 4.69) is 20.7 Å². The van der Waals surface area contributed by atoms with E-state index in [-0.39, 0.29) is 11.7 Å². The van der Waals surface area contributed by atoms with Crippen molar-refractivity contribution in [2.24, 2.45) is 5.92 Å². The summed E-state index contributed by atoms with van der Waals surface area (Å²) in [5, 5.41) is 0.770. The van der Waals surface area contributed by atoms with Crippen LogP contribution < -0.4 is 4.72 Å². The Bertz CT molecular complexity index is 426. The monoisotopic (exact) mass is 305 g/mol. The van der Waals surface area contributed by atoms with Gasteiger partial charge < -0.3 is 0 Å². The molecule has 90 valence electrons. The second-order valence-electron chi connectivity index (χ2n) is 4.11. The summed E-state index contributed by atoms with van der Waals surface area (Å²) in [5.74, 6) is 0.270. The Morgan fingerprint density at radius 2 is 1.81 bits per heavy atom. The highest BCUT2D eigenvalue weighted by atomic mass is 79.9. The molecule has 5 heteroatoms. The Labute approximate surface area is 105 Å². The molecule has 0 saturated carbocycles. The number of rotatable bonds is 5. The van der Waals surface area contributed by atoms with Gasteiger partial charge in [-0.2, -0.15) is 0 Å². The van der Waals surface area contributed by atoms with Crippen LogP contribution in [0.4, 0.5) is 5.69 Å². The van der Waals surface area contributed by atoms with E-state index < -0.39 is 10.0 Å².